The fourth-order valence-corrected chi connectivity index (χ4v) is 3.46. The molecule has 1 unspecified atom stereocenters. The molecule has 0 saturated heterocycles. The van der Waals surface area contributed by atoms with Gasteiger partial charge in [0.05, 0.1) is 6.04 Å². The number of phenols is 1. The van der Waals surface area contributed by atoms with Crippen LogP contribution in [-0.2, 0) is 4.79 Å². The number of fused-ring (bicyclic) bond motifs is 1. The third-order valence-corrected chi connectivity index (χ3v) is 4.64. The number of amides is 1. The molecular weight excluding hydrogens is 254 g/mol. The Hall–Kier alpha value is -1.71. The van der Waals surface area contributed by atoms with Gasteiger partial charge in [-0.1, -0.05) is 0 Å². The molecular formula is C16H21NO3. The molecule has 1 spiro atoms. The van der Waals surface area contributed by atoms with Crippen LogP contribution >= 0.6 is 0 Å². The number of nitrogens with one attached hydrogen (secondary N) is 1. The van der Waals surface area contributed by atoms with Crippen LogP contribution in [0.25, 0.3) is 0 Å². The summed E-state index contributed by atoms with van der Waals surface area (Å²) in [6.07, 6.45) is 4.06. The zero-order chi connectivity index (χ0) is 14.5. The molecule has 108 valence electrons. The molecule has 1 amide bonds. The van der Waals surface area contributed by atoms with Crippen LogP contribution in [0.5, 0.6) is 11.5 Å². The summed E-state index contributed by atoms with van der Waals surface area (Å²) in [4.78, 5) is 11.5. The number of carbonyl (C=O) groups excluding carboxylic acids is 1. The van der Waals surface area contributed by atoms with Gasteiger partial charge in [-0.25, -0.2) is 0 Å². The summed E-state index contributed by atoms with van der Waals surface area (Å²) in [6, 6.07) is 1.83. The normalized spacial score (nSPS) is 22.6. The molecule has 2 aliphatic rings. The Kier molecular flexibility index (Phi) is 2.92. The van der Waals surface area contributed by atoms with E-state index in [0.29, 0.717) is 5.75 Å². The monoisotopic (exact) mass is 275 g/mol. The zero-order valence-corrected chi connectivity index (χ0v) is 12.2. The van der Waals surface area contributed by atoms with E-state index in [2.05, 4.69) is 5.32 Å². The summed E-state index contributed by atoms with van der Waals surface area (Å²) in [6.45, 7) is 5.30. The summed E-state index contributed by atoms with van der Waals surface area (Å²) >= 11 is 0. The van der Waals surface area contributed by atoms with Crippen molar-refractivity contribution < 1.29 is 14.6 Å². The second-order valence-electron chi connectivity index (χ2n) is 6.17. The molecule has 1 aromatic rings. The first-order valence-electron chi connectivity index (χ1n) is 7.21. The third kappa shape index (κ3) is 1.94. The first-order chi connectivity index (χ1) is 9.42. The summed E-state index contributed by atoms with van der Waals surface area (Å²) in [5.41, 5.74) is 2.45. The summed E-state index contributed by atoms with van der Waals surface area (Å²) < 4.78 is 6.22. The van der Waals surface area contributed by atoms with Gasteiger partial charge in [0.1, 0.15) is 17.1 Å². The average molecular weight is 275 g/mol. The number of rotatable bonds is 1. The Labute approximate surface area is 119 Å². The smallest absolute Gasteiger partial charge is 0.217 e. The molecule has 1 atom stereocenters. The molecule has 0 aromatic heterocycles. The summed E-state index contributed by atoms with van der Waals surface area (Å²) in [5.74, 6) is 1.08. The van der Waals surface area contributed by atoms with Crippen molar-refractivity contribution in [3.05, 3.63) is 22.8 Å². The van der Waals surface area contributed by atoms with E-state index < -0.39 is 0 Å². The van der Waals surface area contributed by atoms with Crippen LogP contribution in [0, 0.1) is 13.8 Å². The lowest BCUT2D eigenvalue weighted by Crippen LogP contribution is -2.49. The Bertz CT molecular complexity index is 576. The van der Waals surface area contributed by atoms with Crippen LogP contribution in [0.3, 0.4) is 0 Å². The highest BCUT2D eigenvalue weighted by Gasteiger charge is 2.46. The second-order valence-corrected chi connectivity index (χ2v) is 6.17. The molecule has 0 bridgehead atoms. The number of hydrogen-bond donors (Lipinski definition) is 2. The maximum absolute atomic E-state index is 11.5. The average Bonchev–Trinajstić information content (AvgIpc) is 2.32. The van der Waals surface area contributed by atoms with Crippen LogP contribution in [-0.4, -0.2) is 16.6 Å². The Morgan fingerprint density at radius 2 is 2.15 bits per heavy atom. The van der Waals surface area contributed by atoms with Crippen molar-refractivity contribution >= 4 is 5.91 Å². The van der Waals surface area contributed by atoms with Crippen molar-refractivity contribution in [3.8, 4) is 11.5 Å². The lowest BCUT2D eigenvalue weighted by molar-refractivity contribution is -0.120. The molecule has 1 aliphatic heterocycles. The van der Waals surface area contributed by atoms with Gasteiger partial charge in [0.2, 0.25) is 5.91 Å². The Morgan fingerprint density at radius 3 is 2.70 bits per heavy atom. The number of carbonyl (C=O) groups is 1. The maximum atomic E-state index is 11.5. The lowest BCUT2D eigenvalue weighted by Gasteiger charge is -2.48. The molecule has 0 radical (unpaired) electrons. The van der Waals surface area contributed by atoms with E-state index in [9.17, 15) is 9.90 Å². The predicted molar refractivity (Wildman–Crippen MR) is 76.0 cm³/mol. The van der Waals surface area contributed by atoms with Crippen molar-refractivity contribution in [1.29, 1.82) is 0 Å². The summed E-state index contributed by atoms with van der Waals surface area (Å²) in [7, 11) is 0. The first-order valence-corrected chi connectivity index (χ1v) is 7.21. The maximum Gasteiger partial charge on any atom is 0.217 e. The number of aromatic hydroxyl groups is 1. The van der Waals surface area contributed by atoms with Gasteiger partial charge < -0.3 is 15.2 Å². The molecule has 1 aliphatic carbocycles. The van der Waals surface area contributed by atoms with Gasteiger partial charge >= 0.3 is 0 Å². The highest BCUT2D eigenvalue weighted by Crippen LogP contribution is 2.51. The van der Waals surface area contributed by atoms with E-state index in [1.54, 1.807) is 0 Å². The van der Waals surface area contributed by atoms with E-state index >= 15 is 0 Å². The number of phenolic OH excluding ortho intramolecular Hbond substituents is 1. The van der Waals surface area contributed by atoms with Crippen LogP contribution in [0.4, 0.5) is 0 Å². The van der Waals surface area contributed by atoms with Crippen molar-refractivity contribution in [3.63, 3.8) is 0 Å². The minimum Gasteiger partial charge on any atom is -0.507 e. The fourth-order valence-electron chi connectivity index (χ4n) is 3.46. The third-order valence-electron chi connectivity index (χ3n) is 4.64. The molecule has 1 fully saturated rings. The van der Waals surface area contributed by atoms with Crippen LogP contribution in [0.15, 0.2) is 6.07 Å². The van der Waals surface area contributed by atoms with Gasteiger partial charge in [-0.05, 0) is 50.3 Å². The minimum absolute atomic E-state index is 0.0446. The highest BCUT2D eigenvalue weighted by atomic mass is 16.5. The van der Waals surface area contributed by atoms with Crippen molar-refractivity contribution in [1.82, 2.24) is 5.32 Å². The van der Waals surface area contributed by atoms with Crippen molar-refractivity contribution in [2.24, 2.45) is 0 Å². The Balaban J connectivity index is 2.09. The number of aryl methyl sites for hydroxylation is 1. The standard InChI is InChI=1S/C16H21NO3/c1-9-7-13-14(10(2)15(9)19)12(17-11(3)18)8-16(20-13)5-4-6-16/h7,12,19H,4-6,8H2,1-3H3,(H,17,18). The molecule has 4 heteroatoms. The van der Waals surface area contributed by atoms with E-state index in [0.717, 1.165) is 41.7 Å². The van der Waals surface area contributed by atoms with Gasteiger partial charge in [-0.15, -0.1) is 0 Å². The quantitative estimate of drug-likeness (QED) is 0.828. The van der Waals surface area contributed by atoms with Gasteiger partial charge in [0.25, 0.3) is 0 Å². The topological polar surface area (TPSA) is 58.6 Å². The van der Waals surface area contributed by atoms with Gasteiger partial charge in [0.15, 0.2) is 0 Å². The molecule has 1 saturated carbocycles. The first kappa shape index (κ1) is 13.3. The molecule has 20 heavy (non-hydrogen) atoms. The van der Waals surface area contributed by atoms with Crippen LogP contribution < -0.4 is 10.1 Å². The largest absolute Gasteiger partial charge is 0.507 e. The fraction of sp³-hybridized carbons (Fsp3) is 0.562. The van der Waals surface area contributed by atoms with E-state index in [1.165, 1.54) is 13.3 Å². The zero-order valence-electron chi connectivity index (χ0n) is 12.2. The number of ether oxygens (including phenoxy) is 1. The van der Waals surface area contributed by atoms with Crippen molar-refractivity contribution in [2.75, 3.05) is 0 Å². The number of hydrogen-bond acceptors (Lipinski definition) is 3. The number of benzene rings is 1. The minimum atomic E-state index is -0.115. The summed E-state index contributed by atoms with van der Waals surface area (Å²) in [5, 5.41) is 13.2. The predicted octanol–water partition coefficient (Wildman–Crippen LogP) is 2.89. The molecule has 1 heterocycles. The SMILES string of the molecule is CC(=O)NC1CC2(CCC2)Oc2cc(C)c(O)c(C)c21. The van der Waals surface area contributed by atoms with E-state index in [-0.39, 0.29) is 17.6 Å². The van der Waals surface area contributed by atoms with Crippen molar-refractivity contribution in [2.45, 2.75) is 58.1 Å². The van der Waals surface area contributed by atoms with Crippen LogP contribution in [0.1, 0.15) is 55.3 Å². The van der Waals surface area contributed by atoms with E-state index in [1.807, 2.05) is 19.9 Å². The van der Waals surface area contributed by atoms with Gasteiger partial charge in [0, 0.05) is 18.9 Å². The Morgan fingerprint density at radius 1 is 1.45 bits per heavy atom. The van der Waals surface area contributed by atoms with Gasteiger partial charge in [-0.3, -0.25) is 4.79 Å². The molecule has 1 aromatic carbocycles. The highest BCUT2D eigenvalue weighted by molar-refractivity contribution is 5.74. The van der Waals surface area contributed by atoms with Gasteiger partial charge in [-0.2, -0.15) is 0 Å². The second kappa shape index (κ2) is 4.40. The molecule has 2 N–H and O–H groups in total. The molecule has 4 nitrogen and oxygen atoms in total. The molecule has 3 rings (SSSR count). The van der Waals surface area contributed by atoms with Crippen LogP contribution in [0.2, 0.25) is 0 Å². The van der Waals surface area contributed by atoms with E-state index in [4.69, 9.17) is 4.74 Å². The lowest BCUT2D eigenvalue weighted by atomic mass is 9.72.